The van der Waals surface area contributed by atoms with Gasteiger partial charge < -0.3 is 9.84 Å². The smallest absolute Gasteiger partial charge is 0.194 e. The summed E-state index contributed by atoms with van der Waals surface area (Å²) in [5.41, 5.74) is -0.0185. The molecule has 0 aliphatic heterocycles. The van der Waals surface area contributed by atoms with Crippen LogP contribution in [0.4, 0.5) is 17.6 Å². The number of halogens is 4. The molecular formula is C15H12F4O2. The second kappa shape index (κ2) is 6.13. The van der Waals surface area contributed by atoms with Crippen molar-refractivity contribution in [2.45, 2.75) is 12.5 Å². The van der Waals surface area contributed by atoms with Crippen LogP contribution in [-0.2, 0) is 6.42 Å². The van der Waals surface area contributed by atoms with Crippen LogP contribution in [0, 0.1) is 23.3 Å². The average molecular weight is 300 g/mol. The summed E-state index contributed by atoms with van der Waals surface area (Å²) in [5, 5.41) is 9.90. The molecule has 0 bridgehead atoms. The molecule has 0 saturated carbocycles. The van der Waals surface area contributed by atoms with Gasteiger partial charge in [-0.2, -0.15) is 0 Å². The normalized spacial score (nSPS) is 12.3. The fourth-order valence-corrected chi connectivity index (χ4v) is 1.97. The van der Waals surface area contributed by atoms with E-state index < -0.39 is 29.4 Å². The molecule has 0 aromatic heterocycles. The first kappa shape index (κ1) is 15.3. The van der Waals surface area contributed by atoms with Gasteiger partial charge >= 0.3 is 0 Å². The second-order valence-corrected chi connectivity index (χ2v) is 4.45. The summed E-state index contributed by atoms with van der Waals surface area (Å²) in [6, 6.07) is 5.66. The summed E-state index contributed by atoms with van der Waals surface area (Å²) >= 11 is 0. The first-order valence-corrected chi connectivity index (χ1v) is 6.08. The molecule has 2 nitrogen and oxygen atoms in total. The molecule has 0 fully saturated rings. The van der Waals surface area contributed by atoms with Gasteiger partial charge in [0.1, 0.15) is 0 Å². The summed E-state index contributed by atoms with van der Waals surface area (Å²) in [6.07, 6.45) is -1.57. The largest absolute Gasteiger partial charge is 0.494 e. The zero-order chi connectivity index (χ0) is 15.6. The lowest BCUT2D eigenvalue weighted by Crippen LogP contribution is -2.07. The van der Waals surface area contributed by atoms with Gasteiger partial charge in [0.2, 0.25) is 0 Å². The van der Waals surface area contributed by atoms with Crippen molar-refractivity contribution >= 4 is 0 Å². The molecule has 1 atom stereocenters. The van der Waals surface area contributed by atoms with Gasteiger partial charge in [-0.3, -0.25) is 0 Å². The summed E-state index contributed by atoms with van der Waals surface area (Å²) in [4.78, 5) is 0. The van der Waals surface area contributed by atoms with Crippen LogP contribution in [0.1, 0.15) is 17.2 Å². The zero-order valence-electron chi connectivity index (χ0n) is 11.0. The Morgan fingerprint density at radius 2 is 1.71 bits per heavy atom. The van der Waals surface area contributed by atoms with Gasteiger partial charge in [0.15, 0.2) is 29.0 Å². The molecule has 0 aliphatic rings. The zero-order valence-corrected chi connectivity index (χ0v) is 11.0. The first-order chi connectivity index (χ1) is 9.93. The molecule has 2 aromatic rings. The monoisotopic (exact) mass is 300 g/mol. The van der Waals surface area contributed by atoms with Gasteiger partial charge in [-0.05, 0) is 23.8 Å². The van der Waals surface area contributed by atoms with E-state index in [1.165, 1.54) is 19.2 Å². The summed E-state index contributed by atoms with van der Waals surface area (Å²) in [7, 11) is 1.31. The predicted molar refractivity (Wildman–Crippen MR) is 67.9 cm³/mol. The van der Waals surface area contributed by atoms with Crippen molar-refractivity contribution in [3.63, 3.8) is 0 Å². The van der Waals surface area contributed by atoms with E-state index in [0.717, 1.165) is 18.2 Å². The molecule has 2 rings (SSSR count). The second-order valence-electron chi connectivity index (χ2n) is 4.45. The number of hydrogen-bond donors (Lipinski definition) is 1. The van der Waals surface area contributed by atoms with Gasteiger partial charge in [-0.25, -0.2) is 17.6 Å². The summed E-state index contributed by atoms with van der Waals surface area (Å²) < 4.78 is 57.7. The van der Waals surface area contributed by atoms with Crippen molar-refractivity contribution in [1.29, 1.82) is 0 Å². The Balaban J connectivity index is 2.24. The van der Waals surface area contributed by atoms with Gasteiger partial charge in [0.25, 0.3) is 0 Å². The minimum Gasteiger partial charge on any atom is -0.494 e. The van der Waals surface area contributed by atoms with Crippen molar-refractivity contribution in [3.8, 4) is 5.75 Å². The van der Waals surface area contributed by atoms with E-state index in [9.17, 15) is 22.7 Å². The van der Waals surface area contributed by atoms with Crippen LogP contribution >= 0.6 is 0 Å². The highest BCUT2D eigenvalue weighted by Crippen LogP contribution is 2.26. The van der Waals surface area contributed by atoms with Crippen LogP contribution < -0.4 is 4.74 Å². The van der Waals surface area contributed by atoms with Gasteiger partial charge in [0.05, 0.1) is 13.2 Å². The van der Waals surface area contributed by atoms with E-state index >= 15 is 0 Å². The molecule has 112 valence electrons. The van der Waals surface area contributed by atoms with Crippen LogP contribution in [0.3, 0.4) is 0 Å². The maximum Gasteiger partial charge on any atom is 0.194 e. The topological polar surface area (TPSA) is 29.5 Å². The number of hydrogen-bond acceptors (Lipinski definition) is 2. The van der Waals surface area contributed by atoms with E-state index in [4.69, 9.17) is 4.74 Å². The molecule has 0 heterocycles. The quantitative estimate of drug-likeness (QED) is 0.691. The summed E-state index contributed by atoms with van der Waals surface area (Å²) in [6.45, 7) is 0. The number of aliphatic hydroxyl groups is 1. The Kier molecular flexibility index (Phi) is 4.47. The average Bonchev–Trinajstić information content (AvgIpc) is 2.45. The van der Waals surface area contributed by atoms with E-state index in [1.54, 1.807) is 0 Å². The molecule has 21 heavy (non-hydrogen) atoms. The maximum atomic E-state index is 13.5. The lowest BCUT2D eigenvalue weighted by Gasteiger charge is -2.13. The highest BCUT2D eigenvalue weighted by atomic mass is 19.2. The van der Waals surface area contributed by atoms with Crippen LogP contribution in [0.5, 0.6) is 5.75 Å². The van der Waals surface area contributed by atoms with E-state index in [1.807, 2.05) is 0 Å². The molecular weight excluding hydrogens is 288 g/mol. The number of aliphatic hydroxyl groups excluding tert-OH is 1. The molecule has 0 amide bonds. The molecule has 1 N–H and O–H groups in total. The standard InChI is InChI=1S/C15H12F4O2/c1-21-13-5-2-8(6-11(13)17)7-12(20)9-3-4-10(16)15(19)14(9)18/h2-6,12,20H,7H2,1H3. The molecule has 0 spiro atoms. The van der Waals surface area contributed by atoms with Crippen LogP contribution in [0.2, 0.25) is 0 Å². The number of benzene rings is 2. The molecule has 6 heteroatoms. The predicted octanol–water partition coefficient (Wildman–Crippen LogP) is 3.53. The highest BCUT2D eigenvalue weighted by Gasteiger charge is 2.19. The molecule has 0 aliphatic carbocycles. The van der Waals surface area contributed by atoms with Crippen molar-refractivity contribution in [1.82, 2.24) is 0 Å². The molecule has 0 saturated heterocycles. The van der Waals surface area contributed by atoms with Crippen molar-refractivity contribution in [2.24, 2.45) is 0 Å². The van der Waals surface area contributed by atoms with Crippen LogP contribution in [-0.4, -0.2) is 12.2 Å². The third kappa shape index (κ3) is 3.16. The van der Waals surface area contributed by atoms with E-state index in [-0.39, 0.29) is 17.7 Å². The van der Waals surface area contributed by atoms with Gasteiger partial charge in [-0.15, -0.1) is 0 Å². The highest BCUT2D eigenvalue weighted by molar-refractivity contribution is 5.31. The maximum absolute atomic E-state index is 13.5. The Labute approximate surface area is 118 Å². The first-order valence-electron chi connectivity index (χ1n) is 6.08. The number of ether oxygens (including phenoxy) is 1. The van der Waals surface area contributed by atoms with E-state index in [0.29, 0.717) is 5.56 Å². The van der Waals surface area contributed by atoms with Crippen molar-refractivity contribution in [2.75, 3.05) is 7.11 Å². The van der Waals surface area contributed by atoms with Gasteiger partial charge in [0, 0.05) is 12.0 Å². The van der Waals surface area contributed by atoms with Crippen LogP contribution in [0.25, 0.3) is 0 Å². The third-order valence-electron chi connectivity index (χ3n) is 3.07. The Bertz CT molecular complexity index is 658. The molecule has 2 aromatic carbocycles. The van der Waals surface area contributed by atoms with Crippen LogP contribution in [0.15, 0.2) is 30.3 Å². The number of methoxy groups -OCH3 is 1. The van der Waals surface area contributed by atoms with Crippen molar-refractivity contribution in [3.05, 3.63) is 64.7 Å². The minimum atomic E-state index is -1.65. The fourth-order valence-electron chi connectivity index (χ4n) is 1.97. The number of rotatable bonds is 4. The van der Waals surface area contributed by atoms with Gasteiger partial charge in [-0.1, -0.05) is 12.1 Å². The Morgan fingerprint density at radius 1 is 1.00 bits per heavy atom. The fraction of sp³-hybridized carbons (Fsp3) is 0.200. The van der Waals surface area contributed by atoms with E-state index in [2.05, 4.69) is 0 Å². The lowest BCUT2D eigenvalue weighted by atomic mass is 10.0. The lowest BCUT2D eigenvalue weighted by molar-refractivity contribution is 0.171. The minimum absolute atomic E-state index is 0.0345. The summed E-state index contributed by atoms with van der Waals surface area (Å²) in [5.74, 6) is -5.02. The molecule has 1 unspecified atom stereocenters. The Morgan fingerprint density at radius 3 is 2.33 bits per heavy atom. The van der Waals surface area contributed by atoms with Crippen molar-refractivity contribution < 1.29 is 27.4 Å². The third-order valence-corrected chi connectivity index (χ3v) is 3.07. The molecule has 0 radical (unpaired) electrons. The Hall–Kier alpha value is -2.08. The SMILES string of the molecule is COc1ccc(CC(O)c2ccc(F)c(F)c2F)cc1F.